The summed E-state index contributed by atoms with van der Waals surface area (Å²) in [4.78, 5) is 21.1. The number of aryl methyl sites for hydroxylation is 2. The first kappa shape index (κ1) is 15.9. The SMILES string of the molecule is CCN1CCN(C(=O)Nc2nnc(C)s2)CC1c1nccn1C. The lowest BCUT2D eigenvalue weighted by Crippen LogP contribution is -2.52. The normalized spacial score (nSPS) is 19.1. The third kappa shape index (κ3) is 3.35. The number of aromatic nitrogens is 4. The Morgan fingerprint density at radius 1 is 1.43 bits per heavy atom. The van der Waals surface area contributed by atoms with Crippen LogP contribution in [0.5, 0.6) is 0 Å². The predicted octanol–water partition coefficient (Wildman–Crippen LogP) is 1.49. The summed E-state index contributed by atoms with van der Waals surface area (Å²) in [5, 5.41) is 12.1. The van der Waals surface area contributed by atoms with Crippen LogP contribution in [-0.4, -0.2) is 61.8 Å². The lowest BCUT2D eigenvalue weighted by molar-refractivity contribution is 0.0927. The van der Waals surface area contributed by atoms with Crippen LogP contribution in [0.25, 0.3) is 0 Å². The van der Waals surface area contributed by atoms with Crippen LogP contribution in [0.15, 0.2) is 12.4 Å². The van der Waals surface area contributed by atoms with Crippen molar-refractivity contribution in [1.29, 1.82) is 0 Å². The van der Waals surface area contributed by atoms with Crippen molar-refractivity contribution in [3.05, 3.63) is 23.2 Å². The molecule has 3 rings (SSSR count). The zero-order valence-electron chi connectivity index (χ0n) is 13.6. The Morgan fingerprint density at radius 3 is 2.87 bits per heavy atom. The highest BCUT2D eigenvalue weighted by Crippen LogP contribution is 2.24. The number of hydrogen-bond acceptors (Lipinski definition) is 6. The summed E-state index contributed by atoms with van der Waals surface area (Å²) in [6.45, 7) is 7.07. The summed E-state index contributed by atoms with van der Waals surface area (Å²) in [6.07, 6.45) is 3.73. The van der Waals surface area contributed by atoms with E-state index in [0.29, 0.717) is 18.2 Å². The van der Waals surface area contributed by atoms with Crippen LogP contribution >= 0.6 is 11.3 Å². The summed E-state index contributed by atoms with van der Waals surface area (Å²) >= 11 is 1.38. The molecule has 1 N–H and O–H groups in total. The largest absolute Gasteiger partial charge is 0.337 e. The van der Waals surface area contributed by atoms with Gasteiger partial charge in [0.05, 0.1) is 6.04 Å². The molecule has 8 nitrogen and oxygen atoms in total. The highest BCUT2D eigenvalue weighted by atomic mass is 32.1. The number of imidazole rings is 1. The van der Waals surface area contributed by atoms with Gasteiger partial charge in [0.15, 0.2) is 0 Å². The first-order valence-corrected chi connectivity index (χ1v) is 8.47. The maximum atomic E-state index is 12.5. The molecule has 9 heteroatoms. The number of amides is 2. The zero-order valence-corrected chi connectivity index (χ0v) is 14.4. The zero-order chi connectivity index (χ0) is 16.4. The van der Waals surface area contributed by atoms with Gasteiger partial charge in [0.25, 0.3) is 0 Å². The summed E-state index contributed by atoms with van der Waals surface area (Å²) in [7, 11) is 1.99. The van der Waals surface area contributed by atoms with E-state index >= 15 is 0 Å². The summed E-state index contributed by atoms with van der Waals surface area (Å²) in [5.41, 5.74) is 0. The quantitative estimate of drug-likeness (QED) is 0.919. The Balaban J connectivity index is 1.72. The van der Waals surface area contributed by atoms with E-state index in [0.717, 1.165) is 23.9 Å². The Morgan fingerprint density at radius 2 is 2.26 bits per heavy atom. The molecule has 0 radical (unpaired) electrons. The van der Waals surface area contributed by atoms with E-state index < -0.39 is 0 Å². The number of piperazine rings is 1. The number of hydrogen-bond donors (Lipinski definition) is 1. The highest BCUT2D eigenvalue weighted by molar-refractivity contribution is 7.15. The van der Waals surface area contributed by atoms with Crippen LogP contribution in [-0.2, 0) is 7.05 Å². The molecular weight excluding hydrogens is 314 g/mol. The van der Waals surface area contributed by atoms with Gasteiger partial charge in [0.1, 0.15) is 10.8 Å². The lowest BCUT2D eigenvalue weighted by Gasteiger charge is -2.40. The van der Waals surface area contributed by atoms with Gasteiger partial charge in [-0.1, -0.05) is 18.3 Å². The topological polar surface area (TPSA) is 79.2 Å². The van der Waals surface area contributed by atoms with E-state index in [4.69, 9.17) is 0 Å². The number of urea groups is 1. The van der Waals surface area contributed by atoms with Crippen LogP contribution in [0, 0.1) is 6.92 Å². The Labute approximate surface area is 139 Å². The van der Waals surface area contributed by atoms with Gasteiger partial charge < -0.3 is 9.47 Å². The van der Waals surface area contributed by atoms with Crippen molar-refractivity contribution in [2.24, 2.45) is 7.05 Å². The molecule has 2 aromatic rings. The van der Waals surface area contributed by atoms with E-state index in [1.807, 2.05) is 29.6 Å². The maximum Gasteiger partial charge on any atom is 0.323 e. The van der Waals surface area contributed by atoms with Crippen molar-refractivity contribution in [2.75, 3.05) is 31.5 Å². The average molecular weight is 335 g/mol. The Kier molecular flexibility index (Phi) is 4.58. The van der Waals surface area contributed by atoms with E-state index in [9.17, 15) is 4.79 Å². The fourth-order valence-corrected chi connectivity index (χ4v) is 3.43. The number of carbonyl (C=O) groups excluding carboxylic acids is 1. The molecule has 124 valence electrons. The second kappa shape index (κ2) is 6.63. The van der Waals surface area contributed by atoms with E-state index in [1.165, 1.54) is 11.3 Å². The summed E-state index contributed by atoms with van der Waals surface area (Å²) < 4.78 is 2.02. The van der Waals surface area contributed by atoms with Crippen LogP contribution in [0.3, 0.4) is 0 Å². The average Bonchev–Trinajstić information content (AvgIpc) is 3.15. The standard InChI is InChI=1S/C14H21N7OS/c1-4-20-7-8-21(9-11(20)12-15-5-6-19(12)3)14(22)16-13-18-17-10(2)23-13/h5-6,11H,4,7-9H2,1-3H3,(H,16,18,22). The van der Waals surface area contributed by atoms with E-state index in [2.05, 4.69) is 32.3 Å². The monoisotopic (exact) mass is 335 g/mol. The number of nitrogens with one attached hydrogen (secondary N) is 1. The molecule has 2 amide bonds. The number of carbonyl (C=O) groups is 1. The van der Waals surface area contributed by atoms with Gasteiger partial charge in [-0.05, 0) is 13.5 Å². The van der Waals surface area contributed by atoms with Gasteiger partial charge in [-0.2, -0.15) is 0 Å². The van der Waals surface area contributed by atoms with Crippen LogP contribution < -0.4 is 5.32 Å². The molecule has 0 bridgehead atoms. The third-order valence-corrected chi connectivity index (χ3v) is 4.84. The van der Waals surface area contributed by atoms with Gasteiger partial charge in [-0.25, -0.2) is 9.78 Å². The molecule has 1 unspecified atom stereocenters. The minimum atomic E-state index is -0.129. The van der Waals surface area contributed by atoms with Crippen molar-refractivity contribution < 1.29 is 4.79 Å². The second-order valence-electron chi connectivity index (χ2n) is 5.54. The van der Waals surface area contributed by atoms with Crippen molar-refractivity contribution in [3.8, 4) is 0 Å². The minimum absolute atomic E-state index is 0.107. The second-order valence-corrected chi connectivity index (χ2v) is 6.72. The molecule has 2 aromatic heterocycles. The van der Waals surface area contributed by atoms with Crippen molar-refractivity contribution in [2.45, 2.75) is 19.9 Å². The number of rotatable bonds is 3. The van der Waals surface area contributed by atoms with Crippen LogP contribution in [0.1, 0.15) is 23.8 Å². The number of anilines is 1. The smallest absolute Gasteiger partial charge is 0.323 e. The molecule has 0 aromatic carbocycles. The first-order chi connectivity index (χ1) is 11.1. The molecule has 3 heterocycles. The minimum Gasteiger partial charge on any atom is -0.337 e. The third-order valence-electron chi connectivity index (χ3n) is 4.08. The van der Waals surface area contributed by atoms with Crippen molar-refractivity contribution in [3.63, 3.8) is 0 Å². The van der Waals surface area contributed by atoms with Gasteiger partial charge in [-0.3, -0.25) is 10.2 Å². The molecule has 1 aliphatic rings. The van der Waals surface area contributed by atoms with Gasteiger partial charge >= 0.3 is 6.03 Å². The molecular formula is C14H21N7OS. The molecule has 0 spiro atoms. The fraction of sp³-hybridized carbons (Fsp3) is 0.571. The van der Waals surface area contributed by atoms with Gasteiger partial charge in [-0.15, -0.1) is 10.2 Å². The molecule has 23 heavy (non-hydrogen) atoms. The van der Waals surface area contributed by atoms with Crippen molar-refractivity contribution >= 4 is 22.5 Å². The van der Waals surface area contributed by atoms with E-state index in [1.54, 1.807) is 6.20 Å². The van der Waals surface area contributed by atoms with Crippen LogP contribution in [0.4, 0.5) is 9.93 Å². The Hall–Kier alpha value is -2.00. The summed E-state index contributed by atoms with van der Waals surface area (Å²) in [5.74, 6) is 0.983. The Bertz CT molecular complexity index is 682. The highest BCUT2D eigenvalue weighted by Gasteiger charge is 2.32. The number of nitrogens with zero attached hydrogens (tertiary/aromatic N) is 6. The van der Waals surface area contributed by atoms with Crippen molar-refractivity contribution in [1.82, 2.24) is 29.5 Å². The molecule has 0 saturated carbocycles. The van der Waals surface area contributed by atoms with E-state index in [-0.39, 0.29) is 12.1 Å². The van der Waals surface area contributed by atoms with Crippen LogP contribution in [0.2, 0.25) is 0 Å². The van der Waals surface area contributed by atoms with Gasteiger partial charge in [0.2, 0.25) is 5.13 Å². The molecule has 1 fully saturated rings. The molecule has 1 saturated heterocycles. The first-order valence-electron chi connectivity index (χ1n) is 7.65. The molecule has 1 aliphatic heterocycles. The molecule has 0 aliphatic carbocycles. The maximum absolute atomic E-state index is 12.5. The number of likely N-dealkylation sites (N-methyl/N-ethyl adjacent to an activating group) is 1. The fourth-order valence-electron chi connectivity index (χ4n) is 2.84. The predicted molar refractivity (Wildman–Crippen MR) is 88.4 cm³/mol. The summed E-state index contributed by atoms with van der Waals surface area (Å²) in [6, 6.07) is -0.0215. The lowest BCUT2D eigenvalue weighted by atomic mass is 10.1. The van der Waals surface area contributed by atoms with Gasteiger partial charge in [0, 0.05) is 39.1 Å². The molecule has 1 atom stereocenters.